The molecule has 2 aromatic rings. The van der Waals surface area contributed by atoms with Crippen molar-refractivity contribution in [1.29, 1.82) is 0 Å². The maximum atomic E-state index is 11.4. The fourth-order valence-electron chi connectivity index (χ4n) is 1.71. The molecule has 4 nitrogen and oxygen atoms in total. The SMILES string of the molecule is COc1ncc(-c2cc(C(C)=O)ccc2C)cn1. The van der Waals surface area contributed by atoms with Gasteiger partial charge in [-0.25, -0.2) is 9.97 Å². The van der Waals surface area contributed by atoms with Gasteiger partial charge < -0.3 is 4.74 Å². The summed E-state index contributed by atoms with van der Waals surface area (Å²) in [5.41, 5.74) is 3.60. The molecule has 0 spiro atoms. The zero-order valence-corrected chi connectivity index (χ0v) is 10.6. The highest BCUT2D eigenvalue weighted by atomic mass is 16.5. The predicted molar refractivity (Wildman–Crippen MR) is 68.8 cm³/mol. The number of aromatic nitrogens is 2. The zero-order valence-electron chi connectivity index (χ0n) is 10.6. The van der Waals surface area contributed by atoms with Crippen LogP contribution in [0.2, 0.25) is 0 Å². The molecular formula is C14H14N2O2. The molecule has 0 saturated carbocycles. The molecule has 1 aromatic carbocycles. The second-order valence-electron chi connectivity index (χ2n) is 4.04. The molecule has 0 radical (unpaired) electrons. The summed E-state index contributed by atoms with van der Waals surface area (Å²) in [6.45, 7) is 3.54. The molecule has 0 aliphatic heterocycles. The Morgan fingerprint density at radius 1 is 1.22 bits per heavy atom. The third kappa shape index (κ3) is 2.37. The first kappa shape index (κ1) is 12.2. The largest absolute Gasteiger partial charge is 0.467 e. The van der Waals surface area contributed by atoms with E-state index in [9.17, 15) is 4.79 Å². The van der Waals surface area contributed by atoms with Crippen LogP contribution in [0.5, 0.6) is 6.01 Å². The van der Waals surface area contributed by atoms with Gasteiger partial charge in [-0.2, -0.15) is 0 Å². The van der Waals surface area contributed by atoms with Crippen molar-refractivity contribution in [3.8, 4) is 17.1 Å². The van der Waals surface area contributed by atoms with Gasteiger partial charge in [0, 0.05) is 23.5 Å². The van der Waals surface area contributed by atoms with E-state index in [-0.39, 0.29) is 5.78 Å². The van der Waals surface area contributed by atoms with Gasteiger partial charge in [-0.15, -0.1) is 0 Å². The number of nitrogens with zero attached hydrogens (tertiary/aromatic N) is 2. The summed E-state index contributed by atoms with van der Waals surface area (Å²) in [5, 5.41) is 0. The van der Waals surface area contributed by atoms with E-state index in [2.05, 4.69) is 9.97 Å². The van der Waals surface area contributed by atoms with Crippen LogP contribution in [0.1, 0.15) is 22.8 Å². The van der Waals surface area contributed by atoms with Crippen molar-refractivity contribution in [1.82, 2.24) is 9.97 Å². The van der Waals surface area contributed by atoms with Gasteiger partial charge in [0.15, 0.2) is 5.78 Å². The van der Waals surface area contributed by atoms with Crippen molar-refractivity contribution in [2.75, 3.05) is 7.11 Å². The summed E-state index contributed by atoms with van der Waals surface area (Å²) in [5.74, 6) is 0.0469. The van der Waals surface area contributed by atoms with Gasteiger partial charge in [-0.1, -0.05) is 12.1 Å². The number of methoxy groups -OCH3 is 1. The highest BCUT2D eigenvalue weighted by molar-refractivity contribution is 5.95. The minimum atomic E-state index is 0.0469. The predicted octanol–water partition coefficient (Wildman–Crippen LogP) is 2.66. The zero-order chi connectivity index (χ0) is 13.1. The van der Waals surface area contributed by atoms with Crippen molar-refractivity contribution < 1.29 is 9.53 Å². The topological polar surface area (TPSA) is 52.1 Å². The van der Waals surface area contributed by atoms with Gasteiger partial charge in [0.25, 0.3) is 0 Å². The lowest BCUT2D eigenvalue weighted by Gasteiger charge is -2.07. The van der Waals surface area contributed by atoms with Crippen molar-refractivity contribution in [3.05, 3.63) is 41.7 Å². The molecule has 1 heterocycles. The number of hydrogen-bond acceptors (Lipinski definition) is 4. The summed E-state index contributed by atoms with van der Waals surface area (Å²) in [4.78, 5) is 19.5. The van der Waals surface area contributed by atoms with Gasteiger partial charge in [0.05, 0.1) is 7.11 Å². The van der Waals surface area contributed by atoms with Crippen LogP contribution in [0.3, 0.4) is 0 Å². The summed E-state index contributed by atoms with van der Waals surface area (Å²) in [7, 11) is 1.52. The number of benzene rings is 1. The maximum absolute atomic E-state index is 11.4. The molecule has 0 amide bonds. The number of rotatable bonds is 3. The molecule has 1 aromatic heterocycles. The van der Waals surface area contributed by atoms with Crippen molar-refractivity contribution in [3.63, 3.8) is 0 Å². The lowest BCUT2D eigenvalue weighted by Crippen LogP contribution is -1.96. The summed E-state index contributed by atoms with van der Waals surface area (Å²) >= 11 is 0. The van der Waals surface area contributed by atoms with Crippen LogP contribution in [0.15, 0.2) is 30.6 Å². The Morgan fingerprint density at radius 3 is 2.44 bits per heavy atom. The normalized spacial score (nSPS) is 10.2. The molecule has 0 aliphatic rings. The molecule has 2 rings (SSSR count). The van der Waals surface area contributed by atoms with Crippen LogP contribution in [-0.4, -0.2) is 22.9 Å². The number of carbonyl (C=O) groups excluding carboxylic acids is 1. The van der Waals surface area contributed by atoms with Crippen LogP contribution in [0.25, 0.3) is 11.1 Å². The molecule has 18 heavy (non-hydrogen) atoms. The Morgan fingerprint density at radius 2 is 1.89 bits per heavy atom. The Balaban J connectivity index is 2.48. The van der Waals surface area contributed by atoms with Crippen LogP contribution in [0, 0.1) is 6.92 Å². The first-order valence-electron chi connectivity index (χ1n) is 5.60. The molecule has 0 unspecified atom stereocenters. The minimum Gasteiger partial charge on any atom is -0.467 e. The number of hydrogen-bond donors (Lipinski definition) is 0. The van der Waals surface area contributed by atoms with Gasteiger partial charge in [0.2, 0.25) is 0 Å². The van der Waals surface area contributed by atoms with E-state index < -0.39 is 0 Å². The Kier molecular flexibility index (Phi) is 3.37. The first-order valence-corrected chi connectivity index (χ1v) is 5.60. The average molecular weight is 242 g/mol. The summed E-state index contributed by atoms with van der Waals surface area (Å²) in [6.07, 6.45) is 3.39. The average Bonchev–Trinajstić information content (AvgIpc) is 2.39. The van der Waals surface area contributed by atoms with E-state index in [0.29, 0.717) is 11.6 Å². The van der Waals surface area contributed by atoms with Crippen molar-refractivity contribution >= 4 is 5.78 Å². The molecule has 0 N–H and O–H groups in total. The van der Waals surface area contributed by atoms with Crippen LogP contribution in [-0.2, 0) is 0 Å². The number of aryl methyl sites for hydroxylation is 1. The van der Waals surface area contributed by atoms with Crippen LogP contribution in [0.4, 0.5) is 0 Å². The Hall–Kier alpha value is -2.23. The van der Waals surface area contributed by atoms with E-state index in [4.69, 9.17) is 4.74 Å². The second kappa shape index (κ2) is 4.96. The van der Waals surface area contributed by atoms with E-state index in [0.717, 1.165) is 16.7 Å². The molecule has 92 valence electrons. The molecule has 0 atom stereocenters. The fraction of sp³-hybridized carbons (Fsp3) is 0.214. The standard InChI is InChI=1S/C14H14N2O2/c1-9-4-5-11(10(2)17)6-13(9)12-7-15-14(18-3)16-8-12/h4-8H,1-3H3. The van der Waals surface area contributed by atoms with E-state index >= 15 is 0 Å². The lowest BCUT2D eigenvalue weighted by molar-refractivity contribution is 0.101. The van der Waals surface area contributed by atoms with Crippen LogP contribution >= 0.6 is 0 Å². The van der Waals surface area contributed by atoms with Gasteiger partial charge in [-0.3, -0.25) is 4.79 Å². The summed E-state index contributed by atoms with van der Waals surface area (Å²) < 4.78 is 4.92. The minimum absolute atomic E-state index is 0.0469. The summed E-state index contributed by atoms with van der Waals surface area (Å²) in [6, 6.07) is 5.95. The lowest BCUT2D eigenvalue weighted by atomic mass is 9.99. The number of Topliss-reactive ketones (excluding diaryl/α,β-unsaturated/α-hetero) is 1. The molecule has 0 aliphatic carbocycles. The number of ketones is 1. The quantitative estimate of drug-likeness (QED) is 0.776. The molecule has 4 heteroatoms. The highest BCUT2D eigenvalue weighted by Gasteiger charge is 2.07. The van der Waals surface area contributed by atoms with Crippen LogP contribution < -0.4 is 4.74 Å². The smallest absolute Gasteiger partial charge is 0.316 e. The Bertz CT molecular complexity index is 577. The Labute approximate surface area is 106 Å². The van der Waals surface area contributed by atoms with Gasteiger partial charge >= 0.3 is 6.01 Å². The number of ether oxygens (including phenoxy) is 1. The van der Waals surface area contributed by atoms with Crippen molar-refractivity contribution in [2.45, 2.75) is 13.8 Å². The van der Waals surface area contributed by atoms with Gasteiger partial charge in [0.1, 0.15) is 0 Å². The molecular weight excluding hydrogens is 228 g/mol. The highest BCUT2D eigenvalue weighted by Crippen LogP contribution is 2.24. The third-order valence-electron chi connectivity index (χ3n) is 2.77. The first-order chi connectivity index (χ1) is 8.61. The number of carbonyl (C=O) groups is 1. The fourth-order valence-corrected chi connectivity index (χ4v) is 1.71. The maximum Gasteiger partial charge on any atom is 0.316 e. The van der Waals surface area contributed by atoms with E-state index in [1.807, 2.05) is 25.1 Å². The monoisotopic (exact) mass is 242 g/mol. The van der Waals surface area contributed by atoms with E-state index in [1.54, 1.807) is 19.3 Å². The van der Waals surface area contributed by atoms with E-state index in [1.165, 1.54) is 7.11 Å². The second-order valence-corrected chi connectivity index (χ2v) is 4.04. The molecule has 0 saturated heterocycles. The third-order valence-corrected chi connectivity index (χ3v) is 2.77. The molecule has 0 bridgehead atoms. The molecule has 0 fully saturated rings. The van der Waals surface area contributed by atoms with Crippen molar-refractivity contribution in [2.24, 2.45) is 0 Å². The van der Waals surface area contributed by atoms with Gasteiger partial charge in [-0.05, 0) is 31.0 Å².